The fraction of sp³-hybridized carbons (Fsp3) is 1.00. The minimum atomic E-state index is -4.16. The lowest BCUT2D eigenvalue weighted by atomic mass is 10.00. The maximum absolute atomic E-state index is 9.57. The summed E-state index contributed by atoms with van der Waals surface area (Å²) in [5, 5.41) is 46.8. The van der Waals surface area contributed by atoms with E-state index in [1.807, 2.05) is 0 Å². The van der Waals surface area contributed by atoms with Crippen LogP contribution in [0.4, 0.5) is 0 Å². The second-order valence-electron chi connectivity index (χ2n) is 1.89. The molecule has 0 aliphatic carbocycles. The first kappa shape index (κ1) is 3.87. The predicted octanol–water partition coefficient (Wildman–Crippen LogP) is -3.22. The summed E-state index contributed by atoms with van der Waals surface area (Å²) in [7, 11) is 0. The van der Waals surface area contributed by atoms with Gasteiger partial charge in [0.25, 0.3) is 0 Å². The van der Waals surface area contributed by atoms with Gasteiger partial charge in [0, 0.05) is 0 Å². The standard InChI is InChI=1S/C6H12O6/c7-1-2-3(8)4(9)5(10)6(11)12-2/h2-11H,1H2/t2-,3-,4+,5-,6+/m1/s1/i1D2,2D,3D,4D,5D,6D. The molecule has 0 radical (unpaired) electrons. The highest BCUT2D eigenvalue weighted by atomic mass is 16.6. The molecule has 72 valence electrons. The summed E-state index contributed by atoms with van der Waals surface area (Å²) in [6, 6.07) is 0. The molecule has 12 heavy (non-hydrogen) atoms. The minimum Gasteiger partial charge on any atom is -0.394 e. The van der Waals surface area contributed by atoms with E-state index >= 15 is 0 Å². The Bertz CT molecular complexity index is 390. The molecular weight excluding hydrogens is 168 g/mol. The molecule has 0 aromatic heterocycles. The highest BCUT2D eigenvalue weighted by molar-refractivity contribution is 4.87. The molecule has 1 saturated heterocycles. The van der Waals surface area contributed by atoms with Crippen LogP contribution in [0.25, 0.3) is 0 Å². The Morgan fingerprint density at radius 2 is 1.75 bits per heavy atom. The molecule has 0 saturated carbocycles. The minimum absolute atomic E-state index is 3.90. The van der Waals surface area contributed by atoms with E-state index in [4.69, 9.17) is 14.7 Å². The van der Waals surface area contributed by atoms with Gasteiger partial charge in [-0.2, -0.15) is 0 Å². The Morgan fingerprint density at radius 1 is 1.17 bits per heavy atom. The first-order valence-corrected chi connectivity index (χ1v) is 2.78. The second kappa shape index (κ2) is 3.65. The molecule has 0 spiro atoms. The van der Waals surface area contributed by atoms with E-state index in [-0.39, 0.29) is 0 Å². The number of hydrogen-bond donors (Lipinski definition) is 5. The normalized spacial score (nSPS) is 89.6. The maximum Gasteiger partial charge on any atom is 0.184 e. The van der Waals surface area contributed by atoms with Crippen molar-refractivity contribution in [1.29, 1.82) is 0 Å². The molecule has 6 nitrogen and oxygen atoms in total. The molecule has 0 unspecified atom stereocenters. The quantitative estimate of drug-likeness (QED) is 0.295. The van der Waals surface area contributed by atoms with E-state index in [9.17, 15) is 20.4 Å². The molecule has 0 amide bonds. The topological polar surface area (TPSA) is 110 Å². The Hall–Kier alpha value is -0.240. The molecule has 0 bridgehead atoms. The van der Waals surface area contributed by atoms with E-state index < -0.39 is 37.1 Å². The average molecular weight is 187 g/mol. The van der Waals surface area contributed by atoms with Crippen LogP contribution in [0, 0.1) is 0 Å². The van der Waals surface area contributed by atoms with Crippen LogP contribution in [-0.2, 0) is 4.74 Å². The van der Waals surface area contributed by atoms with Crippen LogP contribution in [0.2, 0.25) is 0 Å². The SMILES string of the molecule is [2H]C([2H])(O)[C@@]1([2H])O[C@]([2H])(O)[C@]([2H])(O)[C@@]([2H])(O)[C@]1([2H])O. The zero-order valence-electron chi connectivity index (χ0n) is 12.6. The number of rotatable bonds is 1. The molecule has 1 rings (SSSR count). The highest BCUT2D eigenvalue weighted by Gasteiger charge is 2.42. The van der Waals surface area contributed by atoms with Crippen molar-refractivity contribution in [3.63, 3.8) is 0 Å². The van der Waals surface area contributed by atoms with Crippen molar-refractivity contribution in [3.05, 3.63) is 0 Å². The zero-order valence-corrected chi connectivity index (χ0v) is 5.64. The number of hydrogen-bond acceptors (Lipinski definition) is 6. The summed E-state index contributed by atoms with van der Waals surface area (Å²) < 4.78 is 53.4. The maximum atomic E-state index is 9.57. The van der Waals surface area contributed by atoms with Gasteiger partial charge in [-0.1, -0.05) is 0 Å². The van der Waals surface area contributed by atoms with E-state index in [0.717, 1.165) is 0 Å². The third-order valence-corrected chi connectivity index (χ3v) is 1.17. The summed E-state index contributed by atoms with van der Waals surface area (Å²) >= 11 is 0. The van der Waals surface area contributed by atoms with Gasteiger partial charge >= 0.3 is 0 Å². The summed E-state index contributed by atoms with van der Waals surface area (Å²) in [4.78, 5) is 0. The van der Waals surface area contributed by atoms with Crippen molar-refractivity contribution < 1.29 is 39.9 Å². The van der Waals surface area contributed by atoms with Gasteiger partial charge in [-0.3, -0.25) is 0 Å². The van der Waals surface area contributed by atoms with Crippen molar-refractivity contribution in [2.24, 2.45) is 0 Å². The summed E-state index contributed by atoms with van der Waals surface area (Å²) in [5.74, 6) is 0. The number of aliphatic hydroxyl groups is 5. The van der Waals surface area contributed by atoms with Crippen molar-refractivity contribution in [2.75, 3.05) is 6.56 Å². The third kappa shape index (κ3) is 1.58. The smallest absolute Gasteiger partial charge is 0.184 e. The van der Waals surface area contributed by atoms with Gasteiger partial charge < -0.3 is 30.3 Å². The second-order valence-corrected chi connectivity index (χ2v) is 1.89. The molecule has 1 heterocycles. The van der Waals surface area contributed by atoms with Crippen molar-refractivity contribution in [2.45, 2.75) is 30.6 Å². The first-order valence-electron chi connectivity index (χ1n) is 6.28. The van der Waals surface area contributed by atoms with Crippen LogP contribution in [-0.4, -0.2) is 62.7 Å². The first-order chi connectivity index (χ1) is 7.96. The van der Waals surface area contributed by atoms with E-state index in [1.165, 1.54) is 0 Å². The average Bonchev–Trinajstić information content (AvgIpc) is 2.12. The largest absolute Gasteiger partial charge is 0.394 e. The van der Waals surface area contributed by atoms with E-state index in [1.54, 1.807) is 0 Å². The highest BCUT2D eigenvalue weighted by Crippen LogP contribution is 2.18. The Kier molecular flexibility index (Phi) is 1.18. The molecule has 0 aromatic carbocycles. The van der Waals surface area contributed by atoms with E-state index in [2.05, 4.69) is 4.74 Å². The molecule has 1 fully saturated rings. The fourth-order valence-electron chi connectivity index (χ4n) is 0.590. The monoisotopic (exact) mass is 187 g/mol. The van der Waals surface area contributed by atoms with Crippen LogP contribution >= 0.6 is 0 Å². The van der Waals surface area contributed by atoms with Crippen LogP contribution in [0.1, 0.15) is 9.60 Å². The molecule has 5 N–H and O–H groups in total. The molecule has 1 aliphatic heterocycles. The van der Waals surface area contributed by atoms with Crippen molar-refractivity contribution in [1.82, 2.24) is 0 Å². The van der Waals surface area contributed by atoms with Crippen molar-refractivity contribution >= 4 is 0 Å². The van der Waals surface area contributed by atoms with Gasteiger partial charge in [-0.25, -0.2) is 0 Å². The lowest BCUT2D eigenvalue weighted by Gasteiger charge is -2.37. The van der Waals surface area contributed by atoms with Gasteiger partial charge in [-0.15, -0.1) is 0 Å². The molecule has 0 aromatic rings. The molecule has 6 heteroatoms. The lowest BCUT2D eigenvalue weighted by Crippen LogP contribution is -2.58. The lowest BCUT2D eigenvalue weighted by molar-refractivity contribution is -0.286. The van der Waals surface area contributed by atoms with Crippen LogP contribution in [0.3, 0.4) is 0 Å². The predicted molar refractivity (Wildman–Crippen MR) is 36.0 cm³/mol. The van der Waals surface area contributed by atoms with Gasteiger partial charge in [-0.05, 0) is 0 Å². The number of ether oxygens (including phenoxy) is 1. The van der Waals surface area contributed by atoms with Crippen LogP contribution in [0.5, 0.6) is 0 Å². The van der Waals surface area contributed by atoms with Crippen LogP contribution < -0.4 is 0 Å². The van der Waals surface area contributed by atoms with Gasteiger partial charge in [0.15, 0.2) is 6.27 Å². The third-order valence-electron chi connectivity index (χ3n) is 1.17. The van der Waals surface area contributed by atoms with Gasteiger partial charge in [0.05, 0.1) is 16.2 Å². The Labute approximate surface area is 78.5 Å². The summed E-state index contributed by atoms with van der Waals surface area (Å²) in [6.07, 6.45) is -20.3. The summed E-state index contributed by atoms with van der Waals surface area (Å²) in [6.45, 7) is -3.93. The summed E-state index contributed by atoms with van der Waals surface area (Å²) in [5.41, 5.74) is 0. The van der Waals surface area contributed by atoms with Crippen molar-refractivity contribution in [3.8, 4) is 0 Å². The zero-order chi connectivity index (χ0) is 15.7. The molecule has 1 aliphatic rings. The molecular formula is C6H12O6. The van der Waals surface area contributed by atoms with Gasteiger partial charge in [0.2, 0.25) is 0 Å². The molecule has 5 atom stereocenters. The Balaban J connectivity index is 3.60. The van der Waals surface area contributed by atoms with Crippen LogP contribution in [0.15, 0.2) is 0 Å². The Morgan fingerprint density at radius 3 is 2.25 bits per heavy atom. The van der Waals surface area contributed by atoms with Gasteiger partial charge in [0.1, 0.15) is 24.3 Å². The van der Waals surface area contributed by atoms with E-state index in [0.29, 0.717) is 0 Å². The fourth-order valence-corrected chi connectivity index (χ4v) is 0.590.